The van der Waals surface area contributed by atoms with Crippen LogP contribution in [-0.2, 0) is 6.42 Å². The molecule has 2 aromatic rings. The van der Waals surface area contributed by atoms with E-state index in [1.165, 1.54) is 82.6 Å². The first-order valence-corrected chi connectivity index (χ1v) is 11.5. The Hall–Kier alpha value is -1.78. The van der Waals surface area contributed by atoms with Crippen LogP contribution in [0.2, 0.25) is 0 Å². The van der Waals surface area contributed by atoms with Gasteiger partial charge in [0.2, 0.25) is 5.95 Å². The fraction of sp³-hybridized carbons (Fsp3) is 0.739. The fourth-order valence-corrected chi connectivity index (χ4v) is 6.19. The molecule has 3 atom stereocenters. The zero-order valence-electron chi connectivity index (χ0n) is 17.4. The number of hydrogen-bond acceptors (Lipinski definition) is 3. The summed E-state index contributed by atoms with van der Waals surface area (Å²) < 4.78 is 0. The number of aromatic nitrogens is 3. The molecule has 5 nitrogen and oxygen atoms in total. The van der Waals surface area contributed by atoms with Crippen LogP contribution in [0.4, 0.5) is 5.95 Å². The largest absolute Gasteiger partial charge is 0.369 e. The topological polar surface area (TPSA) is 87.6 Å². The van der Waals surface area contributed by atoms with E-state index in [9.17, 15) is 4.79 Å². The normalized spacial score (nSPS) is 25.4. The van der Waals surface area contributed by atoms with Gasteiger partial charge in [-0.3, -0.25) is 9.78 Å². The molecule has 0 spiro atoms. The number of hydrogen-bond donors (Lipinski definition) is 3. The Morgan fingerprint density at radius 1 is 1.25 bits per heavy atom. The number of nitrogens with zero attached hydrogens (tertiary/aromatic N) is 1. The van der Waals surface area contributed by atoms with Gasteiger partial charge in [-0.2, -0.15) is 0 Å². The van der Waals surface area contributed by atoms with Crippen LogP contribution < -0.4 is 11.3 Å². The summed E-state index contributed by atoms with van der Waals surface area (Å²) in [6.07, 6.45) is 19.5. The first kappa shape index (κ1) is 19.5. The molecule has 0 aromatic carbocycles. The van der Waals surface area contributed by atoms with Gasteiger partial charge in [0.1, 0.15) is 11.0 Å². The summed E-state index contributed by atoms with van der Waals surface area (Å²) in [7, 11) is 0. The number of nitrogens with two attached hydrogens (primary N) is 1. The van der Waals surface area contributed by atoms with Crippen LogP contribution in [0, 0.1) is 17.3 Å². The predicted molar refractivity (Wildman–Crippen MR) is 115 cm³/mol. The van der Waals surface area contributed by atoms with Gasteiger partial charge in [0.15, 0.2) is 0 Å². The average molecular weight is 385 g/mol. The Bertz CT molecular complexity index is 850. The lowest BCUT2D eigenvalue weighted by Crippen LogP contribution is -2.32. The molecule has 2 aliphatic rings. The van der Waals surface area contributed by atoms with Gasteiger partial charge in [0.05, 0.1) is 0 Å². The van der Waals surface area contributed by atoms with Gasteiger partial charge < -0.3 is 10.7 Å². The van der Waals surface area contributed by atoms with Crippen LogP contribution in [0.15, 0.2) is 11.0 Å². The molecule has 5 heteroatoms. The molecule has 0 amide bonds. The molecule has 154 valence electrons. The summed E-state index contributed by atoms with van der Waals surface area (Å²) in [6.45, 7) is 2.28. The highest BCUT2D eigenvalue weighted by molar-refractivity contribution is 5.78. The summed E-state index contributed by atoms with van der Waals surface area (Å²) in [5.41, 5.74) is 8.70. The second-order valence-corrected chi connectivity index (χ2v) is 9.46. The third kappa shape index (κ3) is 3.85. The summed E-state index contributed by atoms with van der Waals surface area (Å²) in [5.74, 6) is 1.86. The zero-order chi connectivity index (χ0) is 19.6. The van der Waals surface area contributed by atoms with E-state index in [4.69, 9.17) is 5.73 Å². The highest BCUT2D eigenvalue weighted by Gasteiger charge is 2.46. The van der Waals surface area contributed by atoms with Gasteiger partial charge in [-0.25, -0.2) is 4.98 Å². The smallest absolute Gasteiger partial charge is 0.276 e. The molecule has 4 N–H and O–H groups in total. The van der Waals surface area contributed by atoms with E-state index in [-0.39, 0.29) is 11.5 Å². The second kappa shape index (κ2) is 8.30. The van der Waals surface area contributed by atoms with E-state index in [0.29, 0.717) is 16.8 Å². The first-order valence-electron chi connectivity index (χ1n) is 11.5. The number of H-pyrrole nitrogens is 2. The van der Waals surface area contributed by atoms with Crippen LogP contribution in [-0.4, -0.2) is 15.0 Å². The number of rotatable bonds is 9. The molecular weight excluding hydrogens is 348 g/mol. The van der Waals surface area contributed by atoms with E-state index in [1.54, 1.807) is 0 Å². The lowest BCUT2D eigenvalue weighted by atomic mass is 9.64. The summed E-state index contributed by atoms with van der Waals surface area (Å²) in [5, 5.41) is 0. The van der Waals surface area contributed by atoms with Crippen molar-refractivity contribution in [3.05, 3.63) is 22.1 Å². The molecule has 2 aliphatic carbocycles. The molecule has 2 bridgehead atoms. The van der Waals surface area contributed by atoms with Gasteiger partial charge in [-0.1, -0.05) is 51.9 Å². The quantitative estimate of drug-likeness (QED) is 0.511. The zero-order valence-corrected chi connectivity index (χ0v) is 17.4. The molecule has 28 heavy (non-hydrogen) atoms. The number of fused-ring (bicyclic) bond motifs is 3. The van der Waals surface area contributed by atoms with E-state index < -0.39 is 0 Å². The Kier molecular flexibility index (Phi) is 5.79. The third-order valence-corrected chi connectivity index (χ3v) is 7.65. The van der Waals surface area contributed by atoms with Gasteiger partial charge in [0.25, 0.3) is 5.56 Å². The Labute approximate surface area is 167 Å². The molecule has 4 rings (SSSR count). The summed E-state index contributed by atoms with van der Waals surface area (Å²) >= 11 is 0. The van der Waals surface area contributed by atoms with Crippen LogP contribution in [0.25, 0.3) is 11.0 Å². The number of nitrogen functional groups attached to an aromatic ring is 1. The molecule has 0 aliphatic heterocycles. The Morgan fingerprint density at radius 3 is 2.96 bits per heavy atom. The highest BCUT2D eigenvalue weighted by Crippen LogP contribution is 2.57. The average Bonchev–Trinajstić information content (AvgIpc) is 3.21. The standard InChI is InChI=1S/C23H36N4O/c1-2-3-4-5-6-9-18(23-11-7-8-16(14-23)10-12-23)13-17-15-25-20-19(17)26-22(24)27-21(20)28/h15-16,18,25H,2-14H2,1H3,(H3,24,26,27,28). The van der Waals surface area contributed by atoms with E-state index in [0.717, 1.165) is 17.9 Å². The van der Waals surface area contributed by atoms with Crippen molar-refractivity contribution in [2.75, 3.05) is 5.73 Å². The molecule has 2 aromatic heterocycles. The van der Waals surface area contributed by atoms with Gasteiger partial charge in [-0.15, -0.1) is 0 Å². The Balaban J connectivity index is 1.56. The number of aromatic amines is 2. The van der Waals surface area contributed by atoms with Gasteiger partial charge >= 0.3 is 0 Å². The molecule has 2 heterocycles. The maximum absolute atomic E-state index is 12.2. The van der Waals surface area contributed by atoms with Crippen LogP contribution in [0.3, 0.4) is 0 Å². The SMILES string of the molecule is CCCCCCCC(Cc1c[nH]c2c(=O)[nH]c(N)nc12)C12CCCC(CC1)C2. The molecule has 3 unspecified atom stereocenters. The minimum absolute atomic E-state index is 0.165. The summed E-state index contributed by atoms with van der Waals surface area (Å²) in [4.78, 5) is 22.4. The third-order valence-electron chi connectivity index (χ3n) is 7.65. The van der Waals surface area contributed by atoms with E-state index >= 15 is 0 Å². The van der Waals surface area contributed by atoms with Crippen LogP contribution >= 0.6 is 0 Å². The maximum atomic E-state index is 12.2. The summed E-state index contributed by atoms with van der Waals surface area (Å²) in [6, 6.07) is 0. The number of unbranched alkanes of at least 4 members (excludes halogenated alkanes) is 4. The van der Waals surface area contributed by atoms with E-state index in [2.05, 4.69) is 21.9 Å². The molecular formula is C23H36N4O. The monoisotopic (exact) mass is 384 g/mol. The lowest BCUT2D eigenvalue weighted by molar-refractivity contribution is 0.105. The second-order valence-electron chi connectivity index (χ2n) is 9.46. The number of nitrogens with one attached hydrogen (secondary N) is 2. The molecule has 0 radical (unpaired) electrons. The minimum Gasteiger partial charge on any atom is -0.369 e. The fourth-order valence-electron chi connectivity index (χ4n) is 6.19. The Morgan fingerprint density at radius 2 is 2.11 bits per heavy atom. The van der Waals surface area contributed by atoms with Crippen molar-refractivity contribution >= 4 is 17.0 Å². The van der Waals surface area contributed by atoms with Crippen LogP contribution in [0.5, 0.6) is 0 Å². The van der Waals surface area contributed by atoms with Gasteiger partial charge in [-0.05, 0) is 61.3 Å². The molecule has 2 saturated carbocycles. The predicted octanol–water partition coefficient (Wildman–Crippen LogP) is 5.32. The number of anilines is 1. The van der Waals surface area contributed by atoms with Crippen molar-refractivity contribution in [2.45, 2.75) is 90.4 Å². The van der Waals surface area contributed by atoms with Gasteiger partial charge in [0, 0.05) is 6.20 Å². The molecule has 2 fully saturated rings. The van der Waals surface area contributed by atoms with Crippen molar-refractivity contribution < 1.29 is 0 Å². The maximum Gasteiger partial charge on any atom is 0.276 e. The van der Waals surface area contributed by atoms with Crippen molar-refractivity contribution in [1.82, 2.24) is 15.0 Å². The minimum atomic E-state index is -0.165. The van der Waals surface area contributed by atoms with E-state index in [1.807, 2.05) is 6.20 Å². The highest BCUT2D eigenvalue weighted by atomic mass is 16.1. The van der Waals surface area contributed by atoms with Crippen molar-refractivity contribution in [1.29, 1.82) is 0 Å². The first-order chi connectivity index (χ1) is 13.6. The van der Waals surface area contributed by atoms with Crippen molar-refractivity contribution in [3.8, 4) is 0 Å². The molecule has 0 saturated heterocycles. The van der Waals surface area contributed by atoms with Crippen molar-refractivity contribution in [3.63, 3.8) is 0 Å². The van der Waals surface area contributed by atoms with Crippen molar-refractivity contribution in [2.24, 2.45) is 17.3 Å². The van der Waals surface area contributed by atoms with Crippen LogP contribution in [0.1, 0.15) is 89.5 Å². The lowest BCUT2D eigenvalue weighted by Gasteiger charge is -2.41.